The third-order valence-electron chi connectivity index (χ3n) is 6.38. The minimum Gasteiger partial charge on any atom is -0.472 e. The van der Waals surface area contributed by atoms with Crippen LogP contribution < -0.4 is 5.32 Å². The second-order valence-electron chi connectivity index (χ2n) is 7.99. The molecule has 0 radical (unpaired) electrons. The van der Waals surface area contributed by atoms with Gasteiger partial charge in [0.1, 0.15) is 6.26 Å². The van der Waals surface area contributed by atoms with Crippen molar-refractivity contribution in [2.75, 3.05) is 19.6 Å². The fourth-order valence-corrected chi connectivity index (χ4v) is 5.05. The highest BCUT2D eigenvalue weighted by Gasteiger charge is 2.63. The van der Waals surface area contributed by atoms with Crippen molar-refractivity contribution in [2.24, 2.45) is 11.8 Å². The maximum Gasteiger partial charge on any atom is 0.257 e. The van der Waals surface area contributed by atoms with E-state index in [0.29, 0.717) is 43.5 Å². The van der Waals surface area contributed by atoms with Crippen LogP contribution in [0.15, 0.2) is 35.2 Å². The largest absolute Gasteiger partial charge is 0.472 e. The zero-order valence-electron chi connectivity index (χ0n) is 15.9. The molecule has 1 aromatic heterocycles. The maximum atomic E-state index is 12.7. The molecule has 6 nitrogen and oxygen atoms in total. The average molecular weight is 372 g/mol. The van der Waals surface area contributed by atoms with Gasteiger partial charge in [-0.05, 0) is 38.7 Å². The Morgan fingerprint density at radius 3 is 3.11 bits per heavy atom. The Morgan fingerprint density at radius 1 is 1.44 bits per heavy atom. The van der Waals surface area contributed by atoms with Crippen LogP contribution in [-0.4, -0.2) is 48.1 Å². The zero-order chi connectivity index (χ0) is 18.9. The molecule has 0 saturated carbocycles. The van der Waals surface area contributed by atoms with E-state index in [2.05, 4.69) is 11.4 Å². The molecule has 4 atom stereocenters. The first-order valence-corrected chi connectivity index (χ1v) is 10.00. The van der Waals surface area contributed by atoms with Crippen LogP contribution in [0.5, 0.6) is 0 Å². The van der Waals surface area contributed by atoms with Gasteiger partial charge < -0.3 is 19.4 Å². The summed E-state index contributed by atoms with van der Waals surface area (Å²) in [7, 11) is 0. The van der Waals surface area contributed by atoms with E-state index < -0.39 is 0 Å². The molecular weight excluding hydrogens is 344 g/mol. The number of hydrogen-bond acceptors (Lipinski definition) is 4. The Kier molecular flexibility index (Phi) is 5.08. The van der Waals surface area contributed by atoms with Crippen LogP contribution >= 0.6 is 0 Å². The topological polar surface area (TPSA) is 71.8 Å². The molecule has 4 rings (SSSR count). The summed E-state index contributed by atoms with van der Waals surface area (Å²) in [5, 5.41) is 3.11. The molecule has 2 amide bonds. The van der Waals surface area contributed by atoms with E-state index in [1.54, 1.807) is 6.07 Å². The van der Waals surface area contributed by atoms with Crippen molar-refractivity contribution >= 4 is 11.8 Å². The third-order valence-corrected chi connectivity index (χ3v) is 6.38. The van der Waals surface area contributed by atoms with Crippen LogP contribution in [0.3, 0.4) is 0 Å². The van der Waals surface area contributed by atoms with Crippen molar-refractivity contribution in [1.82, 2.24) is 10.2 Å². The van der Waals surface area contributed by atoms with Gasteiger partial charge in [-0.25, -0.2) is 0 Å². The van der Waals surface area contributed by atoms with E-state index in [4.69, 9.17) is 9.15 Å². The van der Waals surface area contributed by atoms with Gasteiger partial charge in [-0.15, -0.1) is 0 Å². The quantitative estimate of drug-likeness (QED) is 0.590. The molecule has 1 N–H and O–H groups in total. The number of rotatable bonds is 7. The maximum absolute atomic E-state index is 12.7. The Labute approximate surface area is 159 Å². The van der Waals surface area contributed by atoms with Crippen LogP contribution in [-0.2, 0) is 9.53 Å². The van der Waals surface area contributed by atoms with Crippen molar-refractivity contribution < 1.29 is 18.7 Å². The lowest BCUT2D eigenvalue weighted by atomic mass is 9.73. The van der Waals surface area contributed by atoms with Crippen molar-refractivity contribution in [3.05, 3.63) is 36.3 Å². The van der Waals surface area contributed by atoms with Crippen LogP contribution in [0, 0.1) is 11.8 Å². The van der Waals surface area contributed by atoms with Gasteiger partial charge >= 0.3 is 0 Å². The molecule has 3 aliphatic rings. The van der Waals surface area contributed by atoms with Gasteiger partial charge in [0.2, 0.25) is 5.91 Å². The van der Waals surface area contributed by atoms with Gasteiger partial charge in [0, 0.05) is 31.3 Å². The van der Waals surface area contributed by atoms with Gasteiger partial charge in [0.25, 0.3) is 5.91 Å². The summed E-state index contributed by atoms with van der Waals surface area (Å²) in [5.41, 5.74) is 0.373. The molecule has 0 unspecified atom stereocenters. The number of amides is 2. The molecule has 4 heterocycles. The van der Waals surface area contributed by atoms with E-state index in [0.717, 1.165) is 25.7 Å². The molecule has 0 aromatic carbocycles. The second-order valence-corrected chi connectivity index (χ2v) is 7.99. The van der Waals surface area contributed by atoms with Gasteiger partial charge in [0.05, 0.1) is 30.1 Å². The van der Waals surface area contributed by atoms with Crippen LogP contribution in [0.1, 0.15) is 49.4 Å². The molecule has 1 aromatic rings. The Morgan fingerprint density at radius 2 is 2.33 bits per heavy atom. The normalized spacial score (nSPS) is 31.6. The molecule has 6 heteroatoms. The number of nitrogens with one attached hydrogen (secondary N) is 1. The monoisotopic (exact) mass is 372 g/mol. The van der Waals surface area contributed by atoms with E-state index in [-0.39, 0.29) is 23.5 Å². The summed E-state index contributed by atoms with van der Waals surface area (Å²) in [6.07, 6.45) is 11.7. The number of nitrogens with zero attached hydrogens (tertiary/aromatic N) is 1. The molecule has 2 bridgehead atoms. The summed E-state index contributed by atoms with van der Waals surface area (Å²) in [6, 6.07) is 1.71. The predicted octanol–water partition coefficient (Wildman–Crippen LogP) is 2.76. The van der Waals surface area contributed by atoms with Crippen molar-refractivity contribution in [1.29, 1.82) is 0 Å². The Hall–Kier alpha value is -2.08. The highest BCUT2D eigenvalue weighted by molar-refractivity contribution is 5.94. The van der Waals surface area contributed by atoms with Crippen LogP contribution in [0.25, 0.3) is 0 Å². The first-order chi connectivity index (χ1) is 13.1. The number of allylic oxidation sites excluding steroid dienone is 2. The molecule has 27 heavy (non-hydrogen) atoms. The second kappa shape index (κ2) is 7.50. The first-order valence-electron chi connectivity index (χ1n) is 10.00. The highest BCUT2D eigenvalue weighted by atomic mass is 16.5. The summed E-state index contributed by atoms with van der Waals surface area (Å²) < 4.78 is 11.4. The minimum absolute atomic E-state index is 0.00587. The first kappa shape index (κ1) is 18.3. The van der Waals surface area contributed by atoms with Crippen molar-refractivity contribution in [3.63, 3.8) is 0 Å². The Bertz CT molecular complexity index is 714. The van der Waals surface area contributed by atoms with E-state index in [9.17, 15) is 9.59 Å². The molecule has 0 aliphatic carbocycles. The number of ether oxygens (including phenoxy) is 1. The molecular formula is C21H28N2O4. The lowest BCUT2D eigenvalue weighted by molar-refractivity contribution is -0.121. The standard InChI is InChI=1S/C21H28N2O4/c1-2-3-4-5-6-19(24)22-11-16-17-12-23(20(25)15-8-10-26-13-15)14-21(17)9-7-18(16)27-21/h2-3,8,10,13,16-18H,4-7,9,11-12,14H2,1H3,(H,22,24)/b3-2+/t16-,17+,18+,21+/m0/s1. The molecule has 146 valence electrons. The number of fused-ring (bicyclic) bond motifs is 1. The molecule has 3 aliphatic heterocycles. The fourth-order valence-electron chi connectivity index (χ4n) is 5.05. The average Bonchev–Trinajstić information content (AvgIpc) is 3.43. The fraction of sp³-hybridized carbons (Fsp3) is 0.619. The van der Waals surface area contributed by atoms with E-state index in [1.807, 2.05) is 17.9 Å². The summed E-state index contributed by atoms with van der Waals surface area (Å²) in [6.45, 7) is 3.98. The molecule has 1 spiro atoms. The Balaban J connectivity index is 1.34. The number of furan rings is 1. The van der Waals surface area contributed by atoms with Crippen LogP contribution in [0.2, 0.25) is 0 Å². The van der Waals surface area contributed by atoms with Crippen molar-refractivity contribution in [3.8, 4) is 0 Å². The third kappa shape index (κ3) is 3.43. The van der Waals surface area contributed by atoms with Crippen LogP contribution in [0.4, 0.5) is 0 Å². The summed E-state index contributed by atoms with van der Waals surface area (Å²) in [5.74, 6) is 0.711. The van der Waals surface area contributed by atoms with Gasteiger partial charge in [-0.3, -0.25) is 9.59 Å². The molecule has 3 fully saturated rings. The lowest BCUT2D eigenvalue weighted by Crippen LogP contribution is -2.41. The number of carbonyl (C=O) groups is 2. The predicted molar refractivity (Wildman–Crippen MR) is 100 cm³/mol. The smallest absolute Gasteiger partial charge is 0.257 e. The van der Waals surface area contributed by atoms with E-state index >= 15 is 0 Å². The highest BCUT2D eigenvalue weighted by Crippen LogP contribution is 2.54. The molecule has 3 saturated heterocycles. The van der Waals surface area contributed by atoms with Gasteiger partial charge in [-0.1, -0.05) is 12.2 Å². The van der Waals surface area contributed by atoms with E-state index in [1.165, 1.54) is 12.5 Å². The van der Waals surface area contributed by atoms with Gasteiger partial charge in [-0.2, -0.15) is 0 Å². The number of likely N-dealkylation sites (tertiary alicyclic amines) is 1. The lowest BCUT2D eigenvalue weighted by Gasteiger charge is -2.29. The zero-order valence-corrected chi connectivity index (χ0v) is 15.9. The number of unbranched alkanes of at least 4 members (excludes halogenated alkanes) is 1. The minimum atomic E-state index is -0.217. The van der Waals surface area contributed by atoms with Gasteiger partial charge in [0.15, 0.2) is 0 Å². The summed E-state index contributed by atoms with van der Waals surface area (Å²) >= 11 is 0. The number of hydrogen-bond donors (Lipinski definition) is 1. The number of carbonyl (C=O) groups excluding carboxylic acids is 2. The summed E-state index contributed by atoms with van der Waals surface area (Å²) in [4.78, 5) is 26.7. The SMILES string of the molecule is C/C=C/CCCC(=O)NC[C@H]1[C@H]2CN(C(=O)c3ccoc3)C[C@]23CC[C@H]1O3. The van der Waals surface area contributed by atoms with Crippen molar-refractivity contribution in [2.45, 2.75) is 50.7 Å².